The molecule has 0 fully saturated rings. The Labute approximate surface area is 117 Å². The van der Waals surface area contributed by atoms with Crippen molar-refractivity contribution in [3.05, 3.63) is 24.3 Å². The minimum atomic E-state index is -0.296. The van der Waals surface area contributed by atoms with Gasteiger partial charge in [-0.25, -0.2) is 0 Å². The van der Waals surface area contributed by atoms with Gasteiger partial charge in [-0.2, -0.15) is 0 Å². The van der Waals surface area contributed by atoms with E-state index in [1.54, 1.807) is 12.1 Å². The van der Waals surface area contributed by atoms with Crippen LogP contribution in [0.5, 0.6) is 11.8 Å². The van der Waals surface area contributed by atoms with Crippen molar-refractivity contribution in [1.29, 1.82) is 0 Å². The van der Waals surface area contributed by atoms with E-state index >= 15 is 0 Å². The Balaban J connectivity index is 2.05. The summed E-state index contributed by atoms with van der Waals surface area (Å²) >= 11 is 0. The smallest absolute Gasteiger partial charge is 0.302 e. The average Bonchev–Trinajstić information content (AvgIpc) is 2.63. The molecule has 108 valence electrons. The summed E-state index contributed by atoms with van der Waals surface area (Å²) in [6.45, 7) is 3.68. The summed E-state index contributed by atoms with van der Waals surface area (Å²) in [5.41, 5.74) is 0. The molecule has 1 aromatic carbocycles. The van der Waals surface area contributed by atoms with Crippen molar-refractivity contribution in [3.63, 3.8) is 0 Å². The summed E-state index contributed by atoms with van der Waals surface area (Å²) in [7, 11) is 0. The number of hydrogen-bond donors (Lipinski definition) is 2. The number of esters is 1. The molecule has 0 unspecified atom stereocenters. The Bertz CT molecular complexity index is 579. The van der Waals surface area contributed by atoms with Crippen molar-refractivity contribution in [1.82, 2.24) is 4.57 Å². The first-order valence-electron chi connectivity index (χ1n) is 6.67. The summed E-state index contributed by atoms with van der Waals surface area (Å²) < 4.78 is 6.51. The SMILES string of the molecule is CC(=O)O[C@H](C)CCCn1c(O)c2ccccc2c1O. The van der Waals surface area contributed by atoms with Gasteiger partial charge in [0, 0.05) is 24.2 Å². The maximum absolute atomic E-state index is 10.8. The first-order chi connectivity index (χ1) is 9.50. The van der Waals surface area contributed by atoms with Crippen LogP contribution in [0.25, 0.3) is 10.8 Å². The van der Waals surface area contributed by atoms with Gasteiger partial charge >= 0.3 is 5.97 Å². The van der Waals surface area contributed by atoms with Gasteiger partial charge in [-0.3, -0.25) is 9.36 Å². The lowest BCUT2D eigenvalue weighted by Crippen LogP contribution is -2.12. The topological polar surface area (TPSA) is 71.7 Å². The van der Waals surface area contributed by atoms with E-state index in [0.29, 0.717) is 30.2 Å². The number of hydrogen-bond acceptors (Lipinski definition) is 4. The summed E-state index contributed by atoms with van der Waals surface area (Å²) in [6, 6.07) is 7.16. The van der Waals surface area contributed by atoms with Crippen LogP contribution in [-0.4, -0.2) is 26.9 Å². The molecule has 2 rings (SSSR count). The first-order valence-corrected chi connectivity index (χ1v) is 6.67. The average molecular weight is 277 g/mol. The lowest BCUT2D eigenvalue weighted by atomic mass is 10.2. The Morgan fingerprint density at radius 2 is 1.80 bits per heavy atom. The van der Waals surface area contributed by atoms with E-state index in [2.05, 4.69) is 0 Å². The molecule has 2 N–H and O–H groups in total. The van der Waals surface area contributed by atoms with Crippen LogP contribution in [0.4, 0.5) is 0 Å². The Morgan fingerprint density at radius 3 is 2.30 bits per heavy atom. The molecule has 0 aliphatic rings. The molecule has 0 amide bonds. The lowest BCUT2D eigenvalue weighted by Gasteiger charge is -2.12. The fourth-order valence-electron chi connectivity index (χ4n) is 2.36. The van der Waals surface area contributed by atoms with Crippen molar-refractivity contribution in [2.75, 3.05) is 0 Å². The van der Waals surface area contributed by atoms with Crippen LogP contribution in [0.15, 0.2) is 24.3 Å². The second-order valence-electron chi connectivity index (χ2n) is 4.91. The number of nitrogens with zero attached hydrogens (tertiary/aromatic N) is 1. The predicted molar refractivity (Wildman–Crippen MR) is 75.7 cm³/mol. The molecule has 20 heavy (non-hydrogen) atoms. The van der Waals surface area contributed by atoms with Gasteiger partial charge in [0.15, 0.2) is 0 Å². The number of carbonyl (C=O) groups is 1. The van der Waals surface area contributed by atoms with Crippen LogP contribution < -0.4 is 0 Å². The highest BCUT2D eigenvalue weighted by atomic mass is 16.5. The van der Waals surface area contributed by atoms with E-state index in [-0.39, 0.29) is 23.8 Å². The Morgan fingerprint density at radius 1 is 1.25 bits per heavy atom. The molecule has 1 atom stereocenters. The van der Waals surface area contributed by atoms with Crippen LogP contribution >= 0.6 is 0 Å². The van der Waals surface area contributed by atoms with E-state index in [1.165, 1.54) is 11.5 Å². The van der Waals surface area contributed by atoms with Crippen molar-refractivity contribution in [3.8, 4) is 11.8 Å². The maximum atomic E-state index is 10.8. The van der Waals surface area contributed by atoms with Gasteiger partial charge in [-0.15, -0.1) is 0 Å². The van der Waals surface area contributed by atoms with E-state index in [9.17, 15) is 15.0 Å². The van der Waals surface area contributed by atoms with Gasteiger partial charge in [0.2, 0.25) is 11.8 Å². The number of aromatic nitrogens is 1. The number of carbonyl (C=O) groups excluding carboxylic acids is 1. The molecule has 0 bridgehead atoms. The van der Waals surface area contributed by atoms with Crippen LogP contribution in [0.3, 0.4) is 0 Å². The highest BCUT2D eigenvalue weighted by molar-refractivity contribution is 5.92. The maximum Gasteiger partial charge on any atom is 0.302 e. The summed E-state index contributed by atoms with van der Waals surface area (Å²) in [5.74, 6) is -0.161. The molecule has 1 aromatic heterocycles. The third-order valence-electron chi connectivity index (χ3n) is 3.28. The van der Waals surface area contributed by atoms with Gasteiger partial charge in [-0.1, -0.05) is 12.1 Å². The first kappa shape index (κ1) is 14.2. The number of rotatable bonds is 5. The Hall–Kier alpha value is -2.17. The zero-order valence-electron chi connectivity index (χ0n) is 11.7. The quantitative estimate of drug-likeness (QED) is 0.824. The summed E-state index contributed by atoms with van der Waals surface area (Å²) in [6.07, 6.45) is 1.20. The molecule has 5 heteroatoms. The third-order valence-corrected chi connectivity index (χ3v) is 3.28. The second kappa shape index (κ2) is 5.86. The molecule has 0 aliphatic heterocycles. The molecule has 2 aromatic rings. The second-order valence-corrected chi connectivity index (χ2v) is 4.91. The van der Waals surface area contributed by atoms with E-state index in [4.69, 9.17) is 4.74 Å². The molecule has 0 spiro atoms. The van der Waals surface area contributed by atoms with Crippen LogP contribution in [0.1, 0.15) is 26.7 Å². The zero-order chi connectivity index (χ0) is 14.7. The van der Waals surface area contributed by atoms with Gasteiger partial charge in [0.05, 0.1) is 6.10 Å². The standard InChI is InChI=1S/C15H19NO4/c1-10(20-11(2)17)6-5-9-16-14(18)12-7-3-4-8-13(12)15(16)19/h3-4,7-8,10,18-19H,5-6,9H2,1-2H3/t10-/m1/s1. The van der Waals surface area contributed by atoms with Crippen LogP contribution in [-0.2, 0) is 16.1 Å². The third kappa shape index (κ3) is 2.87. The highest BCUT2D eigenvalue weighted by Gasteiger charge is 2.15. The molecule has 0 saturated heterocycles. The summed E-state index contributed by atoms with van der Waals surface area (Å²) in [5, 5.41) is 21.5. The molecule has 0 radical (unpaired) electrons. The van der Waals surface area contributed by atoms with Gasteiger partial charge in [-0.05, 0) is 31.9 Å². The monoisotopic (exact) mass is 277 g/mol. The molecular weight excluding hydrogens is 258 g/mol. The van der Waals surface area contributed by atoms with Crippen LogP contribution in [0.2, 0.25) is 0 Å². The number of ether oxygens (including phenoxy) is 1. The molecule has 0 saturated carbocycles. The fourth-order valence-corrected chi connectivity index (χ4v) is 2.36. The largest absolute Gasteiger partial charge is 0.494 e. The van der Waals surface area contributed by atoms with Gasteiger partial charge in [0.1, 0.15) is 0 Å². The summed E-state index contributed by atoms with van der Waals surface area (Å²) in [4.78, 5) is 10.8. The fraction of sp³-hybridized carbons (Fsp3) is 0.400. The molecule has 1 heterocycles. The van der Waals surface area contributed by atoms with E-state index in [1.807, 2.05) is 19.1 Å². The van der Waals surface area contributed by atoms with Gasteiger partial charge < -0.3 is 14.9 Å². The minimum Gasteiger partial charge on any atom is -0.494 e. The van der Waals surface area contributed by atoms with Gasteiger partial charge in [0.25, 0.3) is 0 Å². The van der Waals surface area contributed by atoms with Crippen molar-refractivity contribution in [2.45, 2.75) is 39.3 Å². The minimum absolute atomic E-state index is 0.0678. The highest BCUT2D eigenvalue weighted by Crippen LogP contribution is 2.36. The normalized spacial score (nSPS) is 12.5. The van der Waals surface area contributed by atoms with Crippen molar-refractivity contribution < 1.29 is 19.7 Å². The predicted octanol–water partition coefficient (Wildman–Crippen LogP) is 2.78. The number of benzene rings is 1. The van der Waals surface area contributed by atoms with E-state index in [0.717, 1.165) is 0 Å². The molecule has 5 nitrogen and oxygen atoms in total. The number of fused-ring (bicyclic) bond motifs is 1. The molecular formula is C15H19NO4. The van der Waals surface area contributed by atoms with Crippen LogP contribution in [0, 0.1) is 0 Å². The van der Waals surface area contributed by atoms with Crippen molar-refractivity contribution in [2.24, 2.45) is 0 Å². The van der Waals surface area contributed by atoms with Crippen molar-refractivity contribution >= 4 is 16.7 Å². The lowest BCUT2D eigenvalue weighted by molar-refractivity contribution is -0.145. The number of aromatic hydroxyl groups is 2. The zero-order valence-corrected chi connectivity index (χ0v) is 11.7. The van der Waals surface area contributed by atoms with E-state index < -0.39 is 0 Å². The Kier molecular flexibility index (Phi) is 4.17. The molecule has 0 aliphatic carbocycles.